The number of nitrogens with zero attached hydrogens (tertiary/aromatic N) is 1. The molecule has 0 amide bonds. The maximum absolute atomic E-state index is 7.02. The average Bonchev–Trinajstić information content (AvgIpc) is 3.27. The number of para-hydroxylation sites is 1. The first-order valence-corrected chi connectivity index (χ1v) is 24.6. The monoisotopic (exact) mass is 814 g/mol. The highest BCUT2D eigenvalue weighted by Crippen LogP contribution is 2.48. The minimum atomic E-state index is 0.666. The van der Waals surface area contributed by atoms with Crippen LogP contribution in [-0.4, -0.2) is 26.0 Å². The van der Waals surface area contributed by atoms with Crippen LogP contribution in [0.3, 0.4) is 0 Å². The molecule has 4 heteroatoms. The van der Waals surface area contributed by atoms with Crippen LogP contribution in [0.15, 0.2) is 77.8 Å². The van der Waals surface area contributed by atoms with E-state index in [9.17, 15) is 0 Å². The topological polar surface area (TPSA) is 40.0 Å². The zero-order valence-corrected chi connectivity index (χ0v) is 38.3. The van der Waals surface area contributed by atoms with Crippen LogP contribution in [0.1, 0.15) is 186 Å². The third-order valence-corrected chi connectivity index (χ3v) is 12.2. The molecule has 0 aliphatic carbocycles. The molecule has 0 atom stereocenters. The van der Waals surface area contributed by atoms with E-state index in [4.69, 9.17) is 19.2 Å². The first kappa shape index (κ1) is 47.0. The van der Waals surface area contributed by atoms with Gasteiger partial charge in [-0.15, -0.1) is 0 Å². The lowest BCUT2D eigenvalue weighted by Crippen LogP contribution is -2.07. The molecule has 0 heterocycles. The molecule has 0 bridgehead atoms. The van der Waals surface area contributed by atoms with Crippen molar-refractivity contribution in [2.24, 2.45) is 4.99 Å². The smallest absolute Gasteiger partial charge is 0.204 e. The van der Waals surface area contributed by atoms with Gasteiger partial charge >= 0.3 is 0 Å². The van der Waals surface area contributed by atoms with Gasteiger partial charge in [-0.2, -0.15) is 0 Å². The molecule has 0 radical (unpaired) electrons. The van der Waals surface area contributed by atoms with Crippen LogP contribution in [0.4, 0.5) is 5.69 Å². The highest BCUT2D eigenvalue weighted by Gasteiger charge is 2.22. The molecular formula is C56H79NO3. The standard InChI is InChI=1S/C56H79NO3/c1-5-8-11-14-17-20-23-29-38-58-53-43-50-45(4)41-52-49(37-36-47-35-34-46(42-51(47)52)44-57-48-32-27-26-28-33-48)54(50)56(60-40-31-25-22-19-16-13-10-7-3)55(53)59-39-30-24-21-18-15-12-9-6-2/h26-28,32-37,41-44H,5-25,29-31,38-40H2,1-4H3. The second-order valence-electron chi connectivity index (χ2n) is 17.4. The van der Waals surface area contributed by atoms with Crippen LogP contribution in [0, 0.1) is 6.92 Å². The minimum Gasteiger partial charge on any atom is -0.490 e. The van der Waals surface area contributed by atoms with Gasteiger partial charge < -0.3 is 14.2 Å². The molecule has 326 valence electrons. The van der Waals surface area contributed by atoms with Crippen molar-refractivity contribution in [2.75, 3.05) is 19.8 Å². The molecule has 5 aromatic carbocycles. The number of aliphatic imine (C=N–C) groups is 1. The quantitative estimate of drug-likeness (QED) is 0.0247. The van der Waals surface area contributed by atoms with Gasteiger partial charge in [0.1, 0.15) is 0 Å². The molecule has 0 aliphatic heterocycles. The number of fused-ring (bicyclic) bond motifs is 5. The van der Waals surface area contributed by atoms with E-state index in [1.807, 2.05) is 36.5 Å². The molecule has 0 saturated carbocycles. The summed E-state index contributed by atoms with van der Waals surface area (Å²) in [6, 6.07) is 26.0. The lowest BCUT2D eigenvalue weighted by molar-refractivity contribution is 0.236. The second kappa shape index (κ2) is 27.7. The van der Waals surface area contributed by atoms with E-state index in [0.29, 0.717) is 19.8 Å². The minimum absolute atomic E-state index is 0.666. The zero-order chi connectivity index (χ0) is 42.0. The van der Waals surface area contributed by atoms with E-state index in [-0.39, 0.29) is 0 Å². The van der Waals surface area contributed by atoms with E-state index in [2.05, 4.69) is 70.2 Å². The number of hydrogen-bond donors (Lipinski definition) is 0. The third kappa shape index (κ3) is 15.1. The second-order valence-corrected chi connectivity index (χ2v) is 17.4. The summed E-state index contributed by atoms with van der Waals surface area (Å²) in [5.41, 5.74) is 3.26. The van der Waals surface area contributed by atoms with Crippen LogP contribution in [0.25, 0.3) is 32.3 Å². The summed E-state index contributed by atoms with van der Waals surface area (Å²) in [5, 5.41) is 7.18. The van der Waals surface area contributed by atoms with Gasteiger partial charge in [0.2, 0.25) is 5.75 Å². The van der Waals surface area contributed by atoms with Crippen LogP contribution < -0.4 is 14.2 Å². The summed E-state index contributed by atoms with van der Waals surface area (Å²) in [7, 11) is 0. The number of benzene rings is 5. The number of hydrogen-bond acceptors (Lipinski definition) is 4. The van der Waals surface area contributed by atoms with Crippen molar-refractivity contribution in [3.05, 3.63) is 83.9 Å². The highest BCUT2D eigenvalue weighted by molar-refractivity contribution is 6.21. The Hall–Kier alpha value is -4.05. The fourth-order valence-electron chi connectivity index (χ4n) is 8.59. The molecular weight excluding hydrogens is 735 g/mol. The Labute approximate surface area is 364 Å². The molecule has 4 nitrogen and oxygen atoms in total. The SMILES string of the molecule is CCCCCCCCCCOc1cc2c(C)cc3c4cc(C=Nc5ccccc5)ccc4ccc3c2c(OCCCCCCCCCC)c1OCCCCCCCCCC. The van der Waals surface area contributed by atoms with Crippen LogP contribution >= 0.6 is 0 Å². The Balaban J connectivity index is 1.47. The molecule has 0 saturated heterocycles. The van der Waals surface area contributed by atoms with Gasteiger partial charge in [-0.3, -0.25) is 4.99 Å². The largest absolute Gasteiger partial charge is 0.490 e. The summed E-state index contributed by atoms with van der Waals surface area (Å²) in [5.74, 6) is 2.48. The van der Waals surface area contributed by atoms with Crippen LogP contribution in [0.2, 0.25) is 0 Å². The Bertz CT molecular complexity index is 1980. The van der Waals surface area contributed by atoms with E-state index in [1.165, 1.54) is 167 Å². The first-order chi connectivity index (χ1) is 29.6. The van der Waals surface area contributed by atoms with Gasteiger partial charge in [0.15, 0.2) is 11.5 Å². The fourth-order valence-corrected chi connectivity index (χ4v) is 8.59. The molecule has 0 fully saturated rings. The van der Waals surface area contributed by atoms with Crippen LogP contribution in [-0.2, 0) is 0 Å². The van der Waals surface area contributed by atoms with Gasteiger partial charge in [-0.25, -0.2) is 0 Å². The summed E-state index contributed by atoms with van der Waals surface area (Å²) in [4.78, 5) is 4.78. The van der Waals surface area contributed by atoms with Crippen molar-refractivity contribution >= 4 is 44.2 Å². The summed E-state index contributed by atoms with van der Waals surface area (Å²) >= 11 is 0. The molecule has 0 aromatic heterocycles. The molecule has 60 heavy (non-hydrogen) atoms. The van der Waals surface area contributed by atoms with Crippen molar-refractivity contribution in [3.8, 4) is 17.2 Å². The van der Waals surface area contributed by atoms with E-state index < -0.39 is 0 Å². The first-order valence-electron chi connectivity index (χ1n) is 24.6. The lowest BCUT2D eigenvalue weighted by atomic mass is 9.92. The van der Waals surface area contributed by atoms with Gasteiger partial charge in [0, 0.05) is 11.6 Å². The normalized spacial score (nSPS) is 11.7. The highest BCUT2D eigenvalue weighted by atomic mass is 16.5. The molecule has 0 aliphatic rings. The lowest BCUT2D eigenvalue weighted by Gasteiger charge is -2.22. The van der Waals surface area contributed by atoms with E-state index >= 15 is 0 Å². The Morgan fingerprint density at radius 1 is 0.433 bits per heavy atom. The summed E-state index contributed by atoms with van der Waals surface area (Å²) < 4.78 is 20.7. The number of unbranched alkanes of at least 4 members (excludes halogenated alkanes) is 21. The van der Waals surface area contributed by atoms with E-state index in [0.717, 1.165) is 53.1 Å². The molecule has 5 aromatic rings. The number of rotatable bonds is 32. The molecule has 0 spiro atoms. The Morgan fingerprint density at radius 2 is 0.933 bits per heavy atom. The summed E-state index contributed by atoms with van der Waals surface area (Å²) in [6.07, 6.45) is 32.5. The van der Waals surface area contributed by atoms with Gasteiger partial charge in [0.25, 0.3) is 0 Å². The molecule has 5 rings (SSSR count). The maximum atomic E-state index is 7.02. The predicted molar refractivity (Wildman–Crippen MR) is 262 cm³/mol. The van der Waals surface area contributed by atoms with Crippen molar-refractivity contribution < 1.29 is 14.2 Å². The van der Waals surface area contributed by atoms with E-state index in [1.54, 1.807) is 0 Å². The third-order valence-electron chi connectivity index (χ3n) is 12.2. The number of aryl methyl sites for hydroxylation is 1. The molecule has 0 unspecified atom stereocenters. The van der Waals surface area contributed by atoms with Gasteiger partial charge in [0.05, 0.1) is 25.5 Å². The Morgan fingerprint density at radius 3 is 1.50 bits per heavy atom. The summed E-state index contributed by atoms with van der Waals surface area (Å²) in [6.45, 7) is 11.1. The van der Waals surface area contributed by atoms with Crippen molar-refractivity contribution in [1.82, 2.24) is 0 Å². The van der Waals surface area contributed by atoms with Gasteiger partial charge in [-0.1, -0.05) is 204 Å². The maximum Gasteiger partial charge on any atom is 0.204 e. The van der Waals surface area contributed by atoms with Crippen molar-refractivity contribution in [3.63, 3.8) is 0 Å². The Kier molecular flexibility index (Phi) is 21.7. The zero-order valence-electron chi connectivity index (χ0n) is 38.3. The van der Waals surface area contributed by atoms with Crippen molar-refractivity contribution in [1.29, 1.82) is 0 Å². The molecule has 0 N–H and O–H groups in total. The van der Waals surface area contributed by atoms with Gasteiger partial charge in [-0.05, 0) is 88.5 Å². The van der Waals surface area contributed by atoms with Crippen LogP contribution in [0.5, 0.6) is 17.2 Å². The predicted octanol–water partition coefficient (Wildman–Crippen LogP) is 17.8. The number of ether oxygens (including phenoxy) is 3. The fraction of sp³-hybridized carbons (Fsp3) is 0.554. The van der Waals surface area contributed by atoms with Crippen molar-refractivity contribution in [2.45, 2.75) is 182 Å². The average molecular weight is 814 g/mol.